The average Bonchev–Trinajstić information content (AvgIpc) is 4.06. The van der Waals surface area contributed by atoms with Gasteiger partial charge in [0.2, 0.25) is 23.6 Å². The summed E-state index contributed by atoms with van der Waals surface area (Å²) in [4.78, 5) is 105. The summed E-state index contributed by atoms with van der Waals surface area (Å²) in [6.45, 7) is 4.22. The fraction of sp³-hybridized carbons (Fsp3) is 0.583. The van der Waals surface area contributed by atoms with E-state index in [1.165, 1.54) is 29.2 Å². The number of nitrogens with zero attached hydrogens (tertiary/aromatic N) is 1. The van der Waals surface area contributed by atoms with Crippen LogP contribution in [0.3, 0.4) is 0 Å². The SMILES string of the molecule is CCC(C)C(CC(=O)CCCCCNC(=O)CCCCC1SCC2NC(=O)NC21)C(=O)NC(CCC(=O)O)C(=O)N1CCCC1C(=O)NC(CC(=O)O)P(=O)(Oc1ccccc1)Oc1ccccc1. The van der Waals surface area contributed by atoms with Crippen LogP contribution in [0.5, 0.6) is 11.5 Å². The molecule has 3 aliphatic rings. The Morgan fingerprint density at radius 2 is 1.51 bits per heavy atom. The Balaban J connectivity index is 1.13. The van der Waals surface area contributed by atoms with E-state index in [1.54, 1.807) is 36.4 Å². The summed E-state index contributed by atoms with van der Waals surface area (Å²) >= 11 is 1.85. The molecule has 19 nitrogen and oxygen atoms in total. The van der Waals surface area contributed by atoms with Crippen LogP contribution >= 0.6 is 19.4 Å². The van der Waals surface area contributed by atoms with Gasteiger partial charge in [-0.2, -0.15) is 11.8 Å². The topological polar surface area (TPSA) is 276 Å². The van der Waals surface area contributed by atoms with Crippen molar-refractivity contribution >= 4 is 66.7 Å². The van der Waals surface area contributed by atoms with Crippen molar-refractivity contribution < 1.29 is 62.2 Å². The minimum Gasteiger partial charge on any atom is -0.481 e. The molecule has 5 rings (SSSR count). The van der Waals surface area contributed by atoms with Crippen LogP contribution in [0.25, 0.3) is 0 Å². The van der Waals surface area contributed by atoms with Crippen molar-refractivity contribution in [3.8, 4) is 11.5 Å². The third-order valence-corrected chi connectivity index (χ3v) is 16.3. The summed E-state index contributed by atoms with van der Waals surface area (Å²) in [5, 5.41) is 33.9. The van der Waals surface area contributed by atoms with Gasteiger partial charge >= 0.3 is 25.6 Å². The lowest BCUT2D eigenvalue weighted by molar-refractivity contribution is -0.144. The lowest BCUT2D eigenvalue weighted by atomic mass is 9.85. The summed E-state index contributed by atoms with van der Waals surface area (Å²) in [6, 6.07) is 13.4. The van der Waals surface area contributed by atoms with Gasteiger partial charge in [0.05, 0.1) is 18.5 Å². The highest BCUT2D eigenvalue weighted by atomic mass is 32.2. The van der Waals surface area contributed by atoms with E-state index < -0.39 is 73.9 Å². The smallest absolute Gasteiger partial charge is 0.453 e. The van der Waals surface area contributed by atoms with E-state index in [0.717, 1.165) is 25.0 Å². The fourth-order valence-corrected chi connectivity index (χ4v) is 12.1. The molecule has 8 unspecified atom stereocenters. The first kappa shape index (κ1) is 54.3. The Bertz CT molecular complexity index is 2090. The maximum atomic E-state index is 14.6. The van der Waals surface area contributed by atoms with Gasteiger partial charge in [-0.3, -0.25) is 33.6 Å². The van der Waals surface area contributed by atoms with Gasteiger partial charge in [0, 0.05) is 55.7 Å². The van der Waals surface area contributed by atoms with E-state index >= 15 is 0 Å². The fourth-order valence-electron chi connectivity index (χ4n) is 8.78. The van der Waals surface area contributed by atoms with Crippen molar-refractivity contribution in [2.45, 2.75) is 145 Å². The second kappa shape index (κ2) is 27.0. The number of carboxylic acid groups (broad SMARTS) is 2. The van der Waals surface area contributed by atoms with E-state index in [2.05, 4.69) is 26.6 Å². The standard InChI is InChI=1S/C48H67N6O13PS/c1-3-31(2)35(28-32(55)16-7-6-14-26-49-40(56)23-13-12-22-39-44-37(30-69-39)51-48(64)53-44)45(61)50-36(24-25-42(57)58)47(63)54-27-15-21-38(54)46(62)52-41(29-43(59)60)68(65,66-33-17-8-4-9-18-33)67-34-19-10-5-11-20-34/h4-5,8-11,17-20,31,35-39,41,44H,3,6-7,12-16,21-30H2,1-2H3,(H,49,56)(H,50,61)(H,52,62)(H,57,58)(H,59,60)(H2,51,53,64). The number of thioether (sulfide) groups is 1. The number of carbonyl (C=O) groups excluding carboxylic acids is 6. The van der Waals surface area contributed by atoms with E-state index in [-0.39, 0.29) is 79.5 Å². The Morgan fingerprint density at radius 3 is 2.14 bits per heavy atom. The van der Waals surface area contributed by atoms with Crippen LogP contribution in [0.2, 0.25) is 0 Å². The minimum atomic E-state index is -4.58. The largest absolute Gasteiger partial charge is 0.481 e. The van der Waals surface area contributed by atoms with Gasteiger partial charge in [-0.05, 0) is 75.1 Å². The molecule has 3 heterocycles. The molecule has 0 aliphatic carbocycles. The summed E-state index contributed by atoms with van der Waals surface area (Å²) in [5.41, 5.74) is 0. The number of para-hydroxylation sites is 2. The molecule has 21 heteroatoms. The molecule has 6 amide bonds. The van der Waals surface area contributed by atoms with Gasteiger partial charge in [-0.25, -0.2) is 9.36 Å². The predicted molar refractivity (Wildman–Crippen MR) is 257 cm³/mol. The molecule has 0 spiro atoms. The molecule has 378 valence electrons. The van der Waals surface area contributed by atoms with E-state index in [4.69, 9.17) is 9.05 Å². The highest BCUT2D eigenvalue weighted by Gasteiger charge is 2.46. The first-order chi connectivity index (χ1) is 33.1. The van der Waals surface area contributed by atoms with E-state index in [9.17, 15) is 53.1 Å². The summed E-state index contributed by atoms with van der Waals surface area (Å²) in [7, 11) is -4.58. The molecule has 3 aliphatic heterocycles. The van der Waals surface area contributed by atoms with Crippen LogP contribution in [0, 0.1) is 11.8 Å². The first-order valence-electron chi connectivity index (χ1n) is 24.0. The van der Waals surface area contributed by atoms with Gasteiger partial charge in [0.1, 0.15) is 29.4 Å². The van der Waals surface area contributed by atoms with Crippen LogP contribution < -0.4 is 35.6 Å². The number of fused-ring (bicyclic) bond motifs is 1. The third kappa shape index (κ3) is 16.8. The Hall–Kier alpha value is -5.62. The average molecular weight is 999 g/mol. The number of unbranched alkanes of at least 4 members (excludes halogenated alkanes) is 3. The maximum absolute atomic E-state index is 14.6. The maximum Gasteiger partial charge on any atom is 0.453 e. The number of amides is 6. The Morgan fingerprint density at radius 1 is 0.841 bits per heavy atom. The number of hydrogen-bond donors (Lipinski definition) is 7. The zero-order valence-electron chi connectivity index (χ0n) is 39.3. The van der Waals surface area contributed by atoms with Crippen LogP contribution in [-0.4, -0.2) is 117 Å². The molecule has 3 saturated heterocycles. The van der Waals surface area contributed by atoms with E-state index in [1.807, 2.05) is 25.6 Å². The number of likely N-dealkylation sites (tertiary alicyclic amines) is 1. The molecule has 2 aromatic carbocycles. The molecule has 69 heavy (non-hydrogen) atoms. The summed E-state index contributed by atoms with van der Waals surface area (Å²) in [6.07, 6.45) is 4.32. The summed E-state index contributed by atoms with van der Waals surface area (Å²) < 4.78 is 26.3. The van der Waals surface area contributed by atoms with Gasteiger partial charge in [-0.1, -0.05) is 69.5 Å². The highest BCUT2D eigenvalue weighted by molar-refractivity contribution is 8.00. The zero-order chi connectivity index (χ0) is 49.9. The van der Waals surface area contributed by atoms with Crippen molar-refractivity contribution in [3.05, 3.63) is 60.7 Å². The number of rotatable bonds is 30. The van der Waals surface area contributed by atoms with E-state index in [0.29, 0.717) is 50.3 Å². The third-order valence-electron chi connectivity index (χ3n) is 12.8. The molecule has 2 aromatic rings. The van der Waals surface area contributed by atoms with Crippen molar-refractivity contribution in [2.75, 3.05) is 18.8 Å². The van der Waals surface area contributed by atoms with Crippen LogP contribution in [0.15, 0.2) is 60.7 Å². The van der Waals surface area contributed by atoms with Crippen LogP contribution in [-0.2, 0) is 38.1 Å². The normalized spacial score (nSPS) is 20.3. The lowest BCUT2D eigenvalue weighted by Crippen LogP contribution is -2.55. The molecule has 0 saturated carbocycles. The molecule has 0 aromatic heterocycles. The first-order valence-corrected chi connectivity index (χ1v) is 26.6. The minimum absolute atomic E-state index is 0.0277. The number of carboxylic acids is 2. The van der Waals surface area contributed by atoms with Crippen molar-refractivity contribution in [2.24, 2.45) is 11.8 Å². The van der Waals surface area contributed by atoms with Gasteiger partial charge in [0.15, 0.2) is 5.78 Å². The predicted octanol–water partition coefficient (Wildman–Crippen LogP) is 5.62. The van der Waals surface area contributed by atoms with Crippen LogP contribution in [0.1, 0.15) is 110 Å². The van der Waals surface area contributed by atoms with Gasteiger partial charge in [0.25, 0.3) is 0 Å². The molecule has 7 N–H and O–H groups in total. The molecule has 0 bridgehead atoms. The van der Waals surface area contributed by atoms with Crippen molar-refractivity contribution in [1.82, 2.24) is 31.5 Å². The molecule has 8 atom stereocenters. The number of benzene rings is 2. The molecular formula is C48H67N6O13PS. The van der Waals surface area contributed by atoms with Gasteiger partial charge < -0.3 is 50.7 Å². The number of nitrogens with one attached hydrogen (secondary N) is 5. The second-order valence-electron chi connectivity index (χ2n) is 17.9. The number of aliphatic carboxylic acids is 2. The monoisotopic (exact) mass is 998 g/mol. The zero-order valence-corrected chi connectivity index (χ0v) is 41.0. The molecular weight excluding hydrogens is 932 g/mol. The van der Waals surface area contributed by atoms with Crippen LogP contribution in [0.4, 0.5) is 4.79 Å². The quantitative estimate of drug-likeness (QED) is 0.0285. The number of carbonyl (C=O) groups is 8. The second-order valence-corrected chi connectivity index (χ2v) is 21.3. The number of Topliss-reactive ketones (excluding diaryl/α,β-unsaturated/α-hetero) is 1. The lowest BCUT2D eigenvalue weighted by Gasteiger charge is -2.32. The van der Waals surface area contributed by atoms with Crippen molar-refractivity contribution in [3.63, 3.8) is 0 Å². The molecule has 3 fully saturated rings. The van der Waals surface area contributed by atoms with Gasteiger partial charge in [-0.15, -0.1) is 0 Å². The van der Waals surface area contributed by atoms with Crippen molar-refractivity contribution in [1.29, 1.82) is 0 Å². The Labute approximate surface area is 407 Å². The number of urea groups is 1. The number of ketones is 1. The Kier molecular flexibility index (Phi) is 21.2. The summed E-state index contributed by atoms with van der Waals surface area (Å²) in [5.74, 6) is -6.77. The molecule has 0 radical (unpaired) electrons. The number of hydrogen-bond acceptors (Lipinski definition) is 12. The highest BCUT2D eigenvalue weighted by Crippen LogP contribution is 2.53.